The maximum Gasteiger partial charge on any atom is 0.000932 e. The van der Waals surface area contributed by atoms with E-state index in [0.717, 1.165) is 11.8 Å². The molecule has 0 amide bonds. The highest BCUT2D eigenvalue weighted by molar-refractivity contribution is 4.66. The standard InChI is InChI=1S/C21H43N/c1-4-20(19-22(5-2)6-3)15-13-14-18-21-16-11-9-7-8-10-12-17-21/h20-21H,4-19H2,1-3H3. The maximum absolute atomic E-state index is 2.60. The van der Waals surface area contributed by atoms with Crippen LogP contribution in [0.2, 0.25) is 0 Å². The highest BCUT2D eigenvalue weighted by atomic mass is 15.1. The Labute approximate surface area is 141 Å². The summed E-state index contributed by atoms with van der Waals surface area (Å²) in [6, 6.07) is 0. The molecule has 1 unspecified atom stereocenters. The summed E-state index contributed by atoms with van der Waals surface area (Å²) in [5.74, 6) is 1.99. The van der Waals surface area contributed by atoms with Crippen LogP contribution in [0, 0.1) is 11.8 Å². The van der Waals surface area contributed by atoms with Gasteiger partial charge >= 0.3 is 0 Å². The van der Waals surface area contributed by atoms with Gasteiger partial charge in [0.25, 0.3) is 0 Å². The number of rotatable bonds is 10. The van der Waals surface area contributed by atoms with E-state index in [4.69, 9.17) is 0 Å². The van der Waals surface area contributed by atoms with Gasteiger partial charge in [0.2, 0.25) is 0 Å². The third-order valence-corrected chi connectivity index (χ3v) is 5.94. The average Bonchev–Trinajstić information content (AvgIpc) is 2.68. The second-order valence-electron chi connectivity index (χ2n) is 7.61. The Bertz CT molecular complexity index is 220. The molecule has 0 bridgehead atoms. The van der Waals surface area contributed by atoms with Crippen LogP contribution in [-0.2, 0) is 0 Å². The van der Waals surface area contributed by atoms with Crippen LogP contribution in [-0.4, -0.2) is 24.5 Å². The second-order valence-corrected chi connectivity index (χ2v) is 7.61. The van der Waals surface area contributed by atoms with Gasteiger partial charge in [-0.05, 0) is 31.3 Å². The Morgan fingerprint density at radius 2 is 1.41 bits per heavy atom. The molecule has 0 aromatic carbocycles. The number of unbranched alkanes of at least 4 members (excludes halogenated alkanes) is 1. The SMILES string of the molecule is CCC(CCCCC1CCCCCCCC1)CN(CC)CC. The van der Waals surface area contributed by atoms with Gasteiger partial charge in [0.1, 0.15) is 0 Å². The van der Waals surface area contributed by atoms with Crippen LogP contribution >= 0.6 is 0 Å². The molecule has 0 heterocycles. The maximum atomic E-state index is 2.60. The van der Waals surface area contributed by atoms with Crippen molar-refractivity contribution in [1.82, 2.24) is 4.90 Å². The van der Waals surface area contributed by atoms with Crippen molar-refractivity contribution < 1.29 is 0 Å². The molecule has 1 rings (SSSR count). The number of nitrogens with zero attached hydrogens (tertiary/aromatic N) is 1. The van der Waals surface area contributed by atoms with E-state index in [1.807, 2.05) is 0 Å². The summed E-state index contributed by atoms with van der Waals surface area (Å²) in [6.45, 7) is 10.7. The molecule has 22 heavy (non-hydrogen) atoms. The lowest BCUT2D eigenvalue weighted by Crippen LogP contribution is -2.29. The summed E-state index contributed by atoms with van der Waals surface area (Å²) < 4.78 is 0. The van der Waals surface area contributed by atoms with Crippen LogP contribution in [0.3, 0.4) is 0 Å². The molecule has 0 saturated heterocycles. The first-order valence-electron chi connectivity index (χ1n) is 10.5. The minimum absolute atomic E-state index is 0.931. The van der Waals surface area contributed by atoms with Crippen LogP contribution in [0.1, 0.15) is 104 Å². The van der Waals surface area contributed by atoms with E-state index in [2.05, 4.69) is 25.7 Å². The summed E-state index contributed by atoms with van der Waals surface area (Å²) in [5, 5.41) is 0. The van der Waals surface area contributed by atoms with Crippen LogP contribution in [0.25, 0.3) is 0 Å². The van der Waals surface area contributed by atoms with E-state index >= 15 is 0 Å². The van der Waals surface area contributed by atoms with Crippen molar-refractivity contribution in [2.75, 3.05) is 19.6 Å². The Kier molecular flexibility index (Phi) is 12.2. The zero-order chi connectivity index (χ0) is 16.0. The highest BCUT2D eigenvalue weighted by Gasteiger charge is 2.13. The third-order valence-electron chi connectivity index (χ3n) is 5.94. The topological polar surface area (TPSA) is 3.24 Å². The quantitative estimate of drug-likeness (QED) is 0.407. The van der Waals surface area contributed by atoms with Gasteiger partial charge in [-0.15, -0.1) is 0 Å². The molecule has 0 aromatic rings. The molecule has 1 fully saturated rings. The largest absolute Gasteiger partial charge is 0.304 e. The zero-order valence-electron chi connectivity index (χ0n) is 15.9. The van der Waals surface area contributed by atoms with Crippen molar-refractivity contribution in [2.45, 2.75) is 104 Å². The average molecular weight is 310 g/mol. The second kappa shape index (κ2) is 13.4. The van der Waals surface area contributed by atoms with E-state index < -0.39 is 0 Å². The van der Waals surface area contributed by atoms with Gasteiger partial charge in [-0.1, -0.05) is 97.8 Å². The fraction of sp³-hybridized carbons (Fsp3) is 1.00. The first-order chi connectivity index (χ1) is 10.8. The molecule has 1 atom stereocenters. The summed E-state index contributed by atoms with van der Waals surface area (Å²) >= 11 is 0. The molecule has 1 heteroatoms. The Balaban J connectivity index is 2.15. The predicted octanol–water partition coefficient (Wildman–Crippen LogP) is 6.67. The first kappa shape index (κ1) is 20.0. The van der Waals surface area contributed by atoms with Crippen molar-refractivity contribution in [3.63, 3.8) is 0 Å². The molecule has 0 N–H and O–H groups in total. The van der Waals surface area contributed by atoms with Gasteiger partial charge < -0.3 is 4.90 Å². The van der Waals surface area contributed by atoms with Crippen LogP contribution in [0.5, 0.6) is 0 Å². The minimum Gasteiger partial charge on any atom is -0.304 e. The normalized spacial score (nSPS) is 19.6. The van der Waals surface area contributed by atoms with Gasteiger partial charge in [0.05, 0.1) is 0 Å². The van der Waals surface area contributed by atoms with E-state index in [-0.39, 0.29) is 0 Å². The summed E-state index contributed by atoms with van der Waals surface area (Å²) in [7, 11) is 0. The molecular weight excluding hydrogens is 266 g/mol. The molecule has 0 aliphatic heterocycles. The Hall–Kier alpha value is -0.0400. The zero-order valence-corrected chi connectivity index (χ0v) is 15.9. The Morgan fingerprint density at radius 1 is 0.818 bits per heavy atom. The van der Waals surface area contributed by atoms with Crippen molar-refractivity contribution in [3.8, 4) is 0 Å². The van der Waals surface area contributed by atoms with Gasteiger partial charge in [0.15, 0.2) is 0 Å². The smallest absolute Gasteiger partial charge is 0.000932 e. The molecule has 132 valence electrons. The van der Waals surface area contributed by atoms with Crippen molar-refractivity contribution in [1.29, 1.82) is 0 Å². The lowest BCUT2D eigenvalue weighted by Gasteiger charge is -2.24. The highest BCUT2D eigenvalue weighted by Crippen LogP contribution is 2.26. The fourth-order valence-corrected chi connectivity index (χ4v) is 4.14. The number of hydrogen-bond donors (Lipinski definition) is 0. The van der Waals surface area contributed by atoms with Crippen LogP contribution in [0.15, 0.2) is 0 Å². The summed E-state index contributed by atoms with van der Waals surface area (Å²) in [4.78, 5) is 2.60. The Morgan fingerprint density at radius 3 is 1.95 bits per heavy atom. The summed E-state index contributed by atoms with van der Waals surface area (Å²) in [5.41, 5.74) is 0. The van der Waals surface area contributed by atoms with Gasteiger partial charge in [-0.25, -0.2) is 0 Å². The molecule has 1 aliphatic carbocycles. The molecular formula is C21H43N. The summed E-state index contributed by atoms with van der Waals surface area (Å²) in [6.07, 6.45) is 19.3. The molecule has 1 aliphatic rings. The molecule has 0 radical (unpaired) electrons. The molecule has 0 spiro atoms. The van der Waals surface area contributed by atoms with Gasteiger partial charge in [-0.3, -0.25) is 0 Å². The van der Waals surface area contributed by atoms with E-state index in [9.17, 15) is 0 Å². The van der Waals surface area contributed by atoms with Gasteiger partial charge in [-0.2, -0.15) is 0 Å². The van der Waals surface area contributed by atoms with Crippen molar-refractivity contribution in [3.05, 3.63) is 0 Å². The van der Waals surface area contributed by atoms with Crippen LogP contribution < -0.4 is 0 Å². The van der Waals surface area contributed by atoms with Crippen LogP contribution in [0.4, 0.5) is 0 Å². The van der Waals surface area contributed by atoms with Gasteiger partial charge in [0, 0.05) is 6.54 Å². The monoisotopic (exact) mass is 309 g/mol. The minimum atomic E-state index is 0.931. The lowest BCUT2D eigenvalue weighted by molar-refractivity contribution is 0.236. The third kappa shape index (κ3) is 9.18. The van der Waals surface area contributed by atoms with E-state index in [1.165, 1.54) is 103 Å². The molecule has 1 saturated carbocycles. The van der Waals surface area contributed by atoms with E-state index in [1.54, 1.807) is 0 Å². The van der Waals surface area contributed by atoms with E-state index in [0.29, 0.717) is 0 Å². The van der Waals surface area contributed by atoms with Crippen molar-refractivity contribution >= 4 is 0 Å². The predicted molar refractivity (Wildman–Crippen MR) is 100 cm³/mol. The molecule has 0 aromatic heterocycles. The lowest BCUT2D eigenvalue weighted by atomic mass is 9.90. The molecule has 1 nitrogen and oxygen atoms in total. The number of hydrogen-bond acceptors (Lipinski definition) is 1. The fourth-order valence-electron chi connectivity index (χ4n) is 4.14. The first-order valence-corrected chi connectivity index (χ1v) is 10.5. The van der Waals surface area contributed by atoms with Crippen molar-refractivity contribution in [2.24, 2.45) is 11.8 Å².